The Hall–Kier alpha value is -2.53. The summed E-state index contributed by atoms with van der Waals surface area (Å²) >= 11 is 0. The number of rotatable bonds is 3. The van der Waals surface area contributed by atoms with E-state index in [0.717, 1.165) is 55.3 Å². The summed E-state index contributed by atoms with van der Waals surface area (Å²) in [5.41, 5.74) is 1.91. The van der Waals surface area contributed by atoms with Gasteiger partial charge in [0.05, 0.1) is 0 Å². The number of fused-ring (bicyclic) bond motifs is 1. The molecule has 124 valence electrons. The smallest absolute Gasteiger partial charge is 0.253 e. The third kappa shape index (κ3) is 2.95. The van der Waals surface area contributed by atoms with Gasteiger partial charge >= 0.3 is 0 Å². The van der Waals surface area contributed by atoms with Gasteiger partial charge in [0, 0.05) is 43.9 Å². The third-order valence-corrected chi connectivity index (χ3v) is 4.55. The van der Waals surface area contributed by atoms with Crippen LogP contribution in [-0.2, 0) is 6.54 Å². The second kappa shape index (κ2) is 6.53. The van der Waals surface area contributed by atoms with Gasteiger partial charge in [0.2, 0.25) is 6.79 Å². The van der Waals surface area contributed by atoms with Crippen molar-refractivity contribution in [3.05, 3.63) is 59.7 Å². The standard InChI is InChI=1S/C19H20N2O3/c22-19(15-5-2-1-3-6-15)21-11-9-20(10-12-21)13-16-7-4-8-17-18(16)24-14-23-17/h1-8H,9-14H2. The lowest BCUT2D eigenvalue weighted by molar-refractivity contribution is 0.0627. The zero-order valence-corrected chi connectivity index (χ0v) is 13.5. The molecule has 4 rings (SSSR count). The predicted molar refractivity (Wildman–Crippen MR) is 90.2 cm³/mol. The zero-order valence-electron chi connectivity index (χ0n) is 13.5. The van der Waals surface area contributed by atoms with Gasteiger partial charge in [-0.25, -0.2) is 0 Å². The van der Waals surface area contributed by atoms with Gasteiger partial charge in [-0.2, -0.15) is 0 Å². The fourth-order valence-corrected chi connectivity index (χ4v) is 3.23. The first kappa shape index (κ1) is 15.0. The number of hydrogen-bond acceptors (Lipinski definition) is 4. The van der Waals surface area contributed by atoms with E-state index in [1.54, 1.807) is 0 Å². The summed E-state index contributed by atoms with van der Waals surface area (Å²) in [6, 6.07) is 15.5. The summed E-state index contributed by atoms with van der Waals surface area (Å²) < 4.78 is 11.0. The summed E-state index contributed by atoms with van der Waals surface area (Å²) in [7, 11) is 0. The average molecular weight is 324 g/mol. The van der Waals surface area contributed by atoms with Gasteiger partial charge in [-0.15, -0.1) is 0 Å². The molecule has 5 heteroatoms. The number of carbonyl (C=O) groups excluding carboxylic acids is 1. The number of amides is 1. The Morgan fingerprint density at radius 1 is 0.917 bits per heavy atom. The Kier molecular flexibility index (Phi) is 4.09. The van der Waals surface area contributed by atoms with E-state index >= 15 is 0 Å². The molecule has 0 aliphatic carbocycles. The lowest BCUT2D eigenvalue weighted by atomic mass is 10.1. The summed E-state index contributed by atoms with van der Waals surface area (Å²) in [6.07, 6.45) is 0. The molecule has 5 nitrogen and oxygen atoms in total. The minimum Gasteiger partial charge on any atom is -0.454 e. The highest BCUT2D eigenvalue weighted by Gasteiger charge is 2.24. The van der Waals surface area contributed by atoms with Crippen LogP contribution in [0.3, 0.4) is 0 Å². The molecule has 2 heterocycles. The lowest BCUT2D eigenvalue weighted by Crippen LogP contribution is -2.48. The van der Waals surface area contributed by atoms with Crippen LogP contribution in [-0.4, -0.2) is 48.7 Å². The van der Waals surface area contributed by atoms with Gasteiger partial charge in [0.15, 0.2) is 11.5 Å². The number of piperazine rings is 1. The molecule has 0 bridgehead atoms. The Bertz CT molecular complexity index is 725. The molecule has 1 fully saturated rings. The first-order valence-electron chi connectivity index (χ1n) is 8.25. The Morgan fingerprint density at radius 3 is 2.50 bits per heavy atom. The molecule has 2 aliphatic rings. The summed E-state index contributed by atoms with van der Waals surface area (Å²) in [6.45, 7) is 4.35. The van der Waals surface area contributed by atoms with Gasteiger partial charge in [-0.3, -0.25) is 9.69 Å². The number of benzene rings is 2. The van der Waals surface area contributed by atoms with Crippen LogP contribution in [0.1, 0.15) is 15.9 Å². The average Bonchev–Trinajstić information content (AvgIpc) is 3.12. The van der Waals surface area contributed by atoms with Crippen LogP contribution >= 0.6 is 0 Å². The second-order valence-corrected chi connectivity index (χ2v) is 6.09. The summed E-state index contributed by atoms with van der Waals surface area (Å²) in [4.78, 5) is 16.8. The molecule has 0 saturated carbocycles. The Balaban J connectivity index is 1.37. The van der Waals surface area contributed by atoms with Crippen molar-refractivity contribution in [3.8, 4) is 11.5 Å². The molecular formula is C19H20N2O3. The van der Waals surface area contributed by atoms with Crippen LogP contribution in [0.15, 0.2) is 48.5 Å². The van der Waals surface area contributed by atoms with Crippen molar-refractivity contribution in [1.29, 1.82) is 0 Å². The fourth-order valence-electron chi connectivity index (χ4n) is 3.23. The number of ether oxygens (including phenoxy) is 2. The van der Waals surface area contributed by atoms with Gasteiger partial charge < -0.3 is 14.4 Å². The minimum absolute atomic E-state index is 0.118. The molecule has 24 heavy (non-hydrogen) atoms. The van der Waals surface area contributed by atoms with Crippen molar-refractivity contribution >= 4 is 5.91 Å². The molecule has 0 atom stereocenters. The van der Waals surface area contributed by atoms with Gasteiger partial charge in [0.1, 0.15) is 0 Å². The van der Waals surface area contributed by atoms with E-state index < -0.39 is 0 Å². The second-order valence-electron chi connectivity index (χ2n) is 6.09. The maximum Gasteiger partial charge on any atom is 0.253 e. The normalized spacial score (nSPS) is 17.1. The molecule has 2 aliphatic heterocycles. The minimum atomic E-state index is 0.118. The van der Waals surface area contributed by atoms with E-state index in [0.29, 0.717) is 6.79 Å². The van der Waals surface area contributed by atoms with Gasteiger partial charge in [-0.1, -0.05) is 30.3 Å². The van der Waals surface area contributed by atoms with E-state index in [9.17, 15) is 4.79 Å². The van der Waals surface area contributed by atoms with Crippen LogP contribution in [0.25, 0.3) is 0 Å². The number of hydrogen-bond donors (Lipinski definition) is 0. The predicted octanol–water partition coefficient (Wildman–Crippen LogP) is 2.37. The quantitative estimate of drug-likeness (QED) is 0.869. The van der Waals surface area contributed by atoms with Crippen molar-refractivity contribution in [3.63, 3.8) is 0 Å². The largest absolute Gasteiger partial charge is 0.454 e. The van der Waals surface area contributed by atoms with Gasteiger partial charge in [0.25, 0.3) is 5.91 Å². The monoisotopic (exact) mass is 324 g/mol. The van der Waals surface area contributed by atoms with E-state index in [1.807, 2.05) is 47.4 Å². The SMILES string of the molecule is O=C(c1ccccc1)N1CCN(Cc2cccc3c2OCO3)CC1. The van der Waals surface area contributed by atoms with E-state index in [4.69, 9.17) is 9.47 Å². The van der Waals surface area contributed by atoms with E-state index in [-0.39, 0.29) is 5.91 Å². The molecule has 1 saturated heterocycles. The lowest BCUT2D eigenvalue weighted by Gasteiger charge is -2.34. The Labute approximate surface area is 141 Å². The third-order valence-electron chi connectivity index (χ3n) is 4.55. The van der Waals surface area contributed by atoms with Crippen molar-refractivity contribution in [2.75, 3.05) is 33.0 Å². The zero-order chi connectivity index (χ0) is 16.4. The maximum atomic E-state index is 12.5. The molecule has 1 amide bonds. The molecule has 0 N–H and O–H groups in total. The summed E-state index contributed by atoms with van der Waals surface area (Å²) in [5, 5.41) is 0. The molecule has 0 unspecified atom stereocenters. The van der Waals surface area contributed by atoms with Crippen LogP contribution in [0.4, 0.5) is 0 Å². The van der Waals surface area contributed by atoms with E-state index in [2.05, 4.69) is 11.0 Å². The van der Waals surface area contributed by atoms with Crippen molar-refractivity contribution < 1.29 is 14.3 Å². The van der Waals surface area contributed by atoms with Crippen LogP contribution in [0.2, 0.25) is 0 Å². The number of carbonyl (C=O) groups is 1. The van der Waals surface area contributed by atoms with E-state index in [1.165, 1.54) is 0 Å². The molecule has 0 radical (unpaired) electrons. The van der Waals surface area contributed by atoms with Crippen LogP contribution < -0.4 is 9.47 Å². The molecule has 0 aromatic heterocycles. The first-order valence-corrected chi connectivity index (χ1v) is 8.25. The highest BCUT2D eigenvalue weighted by Crippen LogP contribution is 2.36. The topological polar surface area (TPSA) is 42.0 Å². The summed E-state index contributed by atoms with van der Waals surface area (Å²) in [5.74, 6) is 1.80. The van der Waals surface area contributed by atoms with Crippen molar-refractivity contribution in [1.82, 2.24) is 9.80 Å². The van der Waals surface area contributed by atoms with Gasteiger partial charge in [-0.05, 0) is 18.2 Å². The fraction of sp³-hybridized carbons (Fsp3) is 0.316. The molecular weight excluding hydrogens is 304 g/mol. The number of para-hydroxylation sites is 1. The van der Waals surface area contributed by atoms with Crippen LogP contribution in [0.5, 0.6) is 11.5 Å². The molecule has 0 spiro atoms. The molecule has 2 aromatic carbocycles. The van der Waals surface area contributed by atoms with Crippen molar-refractivity contribution in [2.45, 2.75) is 6.54 Å². The highest BCUT2D eigenvalue weighted by atomic mass is 16.7. The molecule has 2 aromatic rings. The first-order chi connectivity index (χ1) is 11.8. The highest BCUT2D eigenvalue weighted by molar-refractivity contribution is 5.94. The van der Waals surface area contributed by atoms with Crippen LogP contribution in [0, 0.1) is 0 Å². The number of nitrogens with zero attached hydrogens (tertiary/aromatic N) is 2. The maximum absolute atomic E-state index is 12.5. The Morgan fingerprint density at radius 2 is 1.71 bits per heavy atom. The van der Waals surface area contributed by atoms with Crippen molar-refractivity contribution in [2.24, 2.45) is 0 Å².